The molecule has 1 aromatic rings. The zero-order valence-electron chi connectivity index (χ0n) is 10.7. The summed E-state index contributed by atoms with van der Waals surface area (Å²) in [5.74, 6) is 0.594. The zero-order chi connectivity index (χ0) is 13.8. The second-order valence-electron chi connectivity index (χ2n) is 4.53. The molecule has 1 aromatic carbocycles. The van der Waals surface area contributed by atoms with E-state index in [1.807, 2.05) is 4.90 Å². The van der Waals surface area contributed by atoms with Crippen molar-refractivity contribution in [3.05, 3.63) is 23.8 Å². The Morgan fingerprint density at radius 2 is 2.26 bits per heavy atom. The van der Waals surface area contributed by atoms with Gasteiger partial charge in [-0.25, -0.2) is 0 Å². The van der Waals surface area contributed by atoms with Crippen LogP contribution in [0.15, 0.2) is 18.2 Å². The van der Waals surface area contributed by atoms with E-state index < -0.39 is 6.61 Å². The average molecular weight is 273 g/mol. The molecule has 0 bridgehead atoms. The SMILES string of the molecule is COc1ccc(CN2CC[C@@H](O)C2)c(OC(F)F)c1. The van der Waals surface area contributed by atoms with E-state index in [2.05, 4.69) is 4.74 Å². The first kappa shape index (κ1) is 14.0. The standard InChI is InChI=1S/C13H17F2NO3/c1-18-11-3-2-9(12(6-11)19-13(14)15)7-16-5-4-10(17)8-16/h2-3,6,10,13,17H,4-5,7-8H2,1H3/t10-/m1/s1. The third-order valence-corrected chi connectivity index (χ3v) is 3.13. The molecule has 0 spiro atoms. The Balaban J connectivity index is 2.13. The molecule has 1 saturated heterocycles. The summed E-state index contributed by atoms with van der Waals surface area (Å²) >= 11 is 0. The number of benzene rings is 1. The van der Waals surface area contributed by atoms with Crippen molar-refractivity contribution >= 4 is 0 Å². The molecule has 1 fully saturated rings. The number of β-amino-alcohol motifs (C(OH)–C–C–N with tert-alkyl or cyclic N) is 1. The smallest absolute Gasteiger partial charge is 0.387 e. The summed E-state index contributed by atoms with van der Waals surface area (Å²) in [4.78, 5) is 2.00. The minimum absolute atomic E-state index is 0.121. The molecule has 1 N–H and O–H groups in total. The number of rotatable bonds is 5. The molecule has 0 amide bonds. The highest BCUT2D eigenvalue weighted by Gasteiger charge is 2.22. The van der Waals surface area contributed by atoms with Crippen molar-refractivity contribution in [2.75, 3.05) is 20.2 Å². The highest BCUT2D eigenvalue weighted by atomic mass is 19.3. The van der Waals surface area contributed by atoms with Crippen molar-refractivity contribution < 1.29 is 23.4 Å². The van der Waals surface area contributed by atoms with Gasteiger partial charge in [0.1, 0.15) is 11.5 Å². The fourth-order valence-electron chi connectivity index (χ4n) is 2.19. The van der Waals surface area contributed by atoms with Gasteiger partial charge in [0.2, 0.25) is 0 Å². The molecule has 4 nitrogen and oxygen atoms in total. The molecule has 2 rings (SSSR count). The predicted octanol–water partition coefficient (Wildman–Crippen LogP) is 1.86. The van der Waals surface area contributed by atoms with Crippen molar-refractivity contribution in [2.24, 2.45) is 0 Å². The van der Waals surface area contributed by atoms with E-state index in [0.717, 1.165) is 6.54 Å². The number of hydrogen-bond donors (Lipinski definition) is 1. The van der Waals surface area contributed by atoms with E-state index in [1.54, 1.807) is 12.1 Å². The van der Waals surface area contributed by atoms with Crippen molar-refractivity contribution in [1.29, 1.82) is 0 Å². The molecule has 0 aliphatic carbocycles. The van der Waals surface area contributed by atoms with Crippen LogP contribution in [0.4, 0.5) is 8.78 Å². The summed E-state index contributed by atoms with van der Waals surface area (Å²) in [5, 5.41) is 9.46. The summed E-state index contributed by atoms with van der Waals surface area (Å²) in [7, 11) is 1.47. The van der Waals surface area contributed by atoms with Gasteiger partial charge < -0.3 is 14.6 Å². The summed E-state index contributed by atoms with van der Waals surface area (Å²) < 4.78 is 34.3. The van der Waals surface area contributed by atoms with E-state index in [-0.39, 0.29) is 11.9 Å². The van der Waals surface area contributed by atoms with Gasteiger partial charge in [-0.3, -0.25) is 4.90 Å². The van der Waals surface area contributed by atoms with Crippen LogP contribution in [0.2, 0.25) is 0 Å². The van der Waals surface area contributed by atoms with Gasteiger partial charge in [0, 0.05) is 31.3 Å². The van der Waals surface area contributed by atoms with Gasteiger partial charge in [-0.2, -0.15) is 8.78 Å². The molecule has 6 heteroatoms. The average Bonchev–Trinajstić information content (AvgIpc) is 2.76. The third kappa shape index (κ3) is 3.78. The number of likely N-dealkylation sites (tertiary alicyclic amines) is 1. The number of methoxy groups -OCH3 is 1. The van der Waals surface area contributed by atoms with Crippen molar-refractivity contribution in [3.8, 4) is 11.5 Å². The number of hydrogen-bond acceptors (Lipinski definition) is 4. The van der Waals surface area contributed by atoms with Crippen LogP contribution in [-0.2, 0) is 6.54 Å². The van der Waals surface area contributed by atoms with E-state index >= 15 is 0 Å². The van der Waals surface area contributed by atoms with E-state index in [9.17, 15) is 13.9 Å². The monoisotopic (exact) mass is 273 g/mol. The molecular formula is C13H17F2NO3. The number of alkyl halides is 2. The predicted molar refractivity (Wildman–Crippen MR) is 65.5 cm³/mol. The molecule has 19 heavy (non-hydrogen) atoms. The molecule has 0 radical (unpaired) electrons. The second kappa shape index (κ2) is 6.16. The Labute approximate surface area is 110 Å². The summed E-state index contributed by atoms with van der Waals surface area (Å²) in [6.07, 6.45) is 0.374. The van der Waals surface area contributed by atoms with Crippen LogP contribution in [0.25, 0.3) is 0 Å². The topological polar surface area (TPSA) is 41.9 Å². The van der Waals surface area contributed by atoms with Gasteiger partial charge in [0.25, 0.3) is 0 Å². The van der Waals surface area contributed by atoms with Gasteiger partial charge in [-0.15, -0.1) is 0 Å². The van der Waals surface area contributed by atoms with Crippen LogP contribution in [0.3, 0.4) is 0 Å². The van der Waals surface area contributed by atoms with E-state index in [0.29, 0.717) is 30.8 Å². The Morgan fingerprint density at radius 3 is 2.84 bits per heavy atom. The first-order chi connectivity index (χ1) is 9.08. The van der Waals surface area contributed by atoms with Crippen LogP contribution in [0, 0.1) is 0 Å². The minimum Gasteiger partial charge on any atom is -0.497 e. The van der Waals surface area contributed by atoms with Gasteiger partial charge >= 0.3 is 6.61 Å². The van der Waals surface area contributed by atoms with Crippen LogP contribution in [0.5, 0.6) is 11.5 Å². The molecule has 1 aliphatic rings. The fraction of sp³-hybridized carbons (Fsp3) is 0.538. The highest BCUT2D eigenvalue weighted by Crippen LogP contribution is 2.28. The van der Waals surface area contributed by atoms with Crippen LogP contribution < -0.4 is 9.47 Å². The number of halogens is 2. The Morgan fingerprint density at radius 1 is 1.47 bits per heavy atom. The maximum Gasteiger partial charge on any atom is 0.387 e. The molecule has 0 aromatic heterocycles. The lowest BCUT2D eigenvalue weighted by atomic mass is 10.2. The third-order valence-electron chi connectivity index (χ3n) is 3.13. The molecule has 0 saturated carbocycles. The number of aliphatic hydroxyl groups is 1. The fourth-order valence-corrected chi connectivity index (χ4v) is 2.19. The lowest BCUT2D eigenvalue weighted by molar-refractivity contribution is -0.0508. The molecular weight excluding hydrogens is 256 g/mol. The van der Waals surface area contributed by atoms with Crippen molar-refractivity contribution in [2.45, 2.75) is 25.7 Å². The Hall–Kier alpha value is -1.40. The number of nitrogens with zero attached hydrogens (tertiary/aromatic N) is 1. The maximum absolute atomic E-state index is 12.4. The summed E-state index contributed by atoms with van der Waals surface area (Å²) in [6, 6.07) is 4.87. The number of aliphatic hydroxyl groups excluding tert-OH is 1. The normalized spacial score (nSPS) is 19.9. The van der Waals surface area contributed by atoms with E-state index in [1.165, 1.54) is 13.2 Å². The van der Waals surface area contributed by atoms with Crippen LogP contribution >= 0.6 is 0 Å². The highest BCUT2D eigenvalue weighted by molar-refractivity contribution is 5.40. The quantitative estimate of drug-likeness (QED) is 0.889. The molecule has 106 valence electrons. The van der Waals surface area contributed by atoms with Crippen molar-refractivity contribution in [1.82, 2.24) is 4.90 Å². The molecule has 1 aliphatic heterocycles. The van der Waals surface area contributed by atoms with Crippen LogP contribution in [0.1, 0.15) is 12.0 Å². The van der Waals surface area contributed by atoms with Crippen molar-refractivity contribution in [3.63, 3.8) is 0 Å². The lowest BCUT2D eigenvalue weighted by Gasteiger charge is -2.18. The first-order valence-corrected chi connectivity index (χ1v) is 6.10. The van der Waals surface area contributed by atoms with Gasteiger partial charge in [0.15, 0.2) is 0 Å². The Bertz CT molecular complexity index is 428. The summed E-state index contributed by atoms with van der Waals surface area (Å²) in [6.45, 7) is -1.08. The minimum atomic E-state index is -2.87. The van der Waals surface area contributed by atoms with Crippen LogP contribution in [-0.4, -0.2) is 42.9 Å². The van der Waals surface area contributed by atoms with Gasteiger partial charge in [-0.05, 0) is 12.5 Å². The molecule has 1 atom stereocenters. The molecule has 0 unspecified atom stereocenters. The van der Waals surface area contributed by atoms with Gasteiger partial charge in [-0.1, -0.05) is 6.07 Å². The lowest BCUT2D eigenvalue weighted by Crippen LogP contribution is -2.22. The second-order valence-corrected chi connectivity index (χ2v) is 4.53. The number of ether oxygens (including phenoxy) is 2. The van der Waals surface area contributed by atoms with Gasteiger partial charge in [0.05, 0.1) is 13.2 Å². The maximum atomic E-state index is 12.4. The zero-order valence-corrected chi connectivity index (χ0v) is 10.7. The van der Waals surface area contributed by atoms with E-state index in [4.69, 9.17) is 4.74 Å². The largest absolute Gasteiger partial charge is 0.497 e. The molecule has 1 heterocycles. The first-order valence-electron chi connectivity index (χ1n) is 6.10. The summed E-state index contributed by atoms with van der Waals surface area (Å²) in [5.41, 5.74) is 0.662. The Kier molecular flexibility index (Phi) is 4.55.